The normalized spacial score (nSPS) is 19.9. The highest BCUT2D eigenvalue weighted by molar-refractivity contribution is 5.09. The van der Waals surface area contributed by atoms with Crippen molar-refractivity contribution < 1.29 is 9.15 Å². The van der Waals surface area contributed by atoms with Crippen molar-refractivity contribution >= 4 is 0 Å². The van der Waals surface area contributed by atoms with Gasteiger partial charge in [0.2, 0.25) is 0 Å². The molecular weight excluding hydrogens is 226 g/mol. The van der Waals surface area contributed by atoms with Gasteiger partial charge in [0.25, 0.3) is 0 Å². The van der Waals surface area contributed by atoms with Crippen molar-refractivity contribution in [3.8, 4) is 0 Å². The molecule has 3 heteroatoms. The first-order valence-electron chi connectivity index (χ1n) is 6.83. The minimum absolute atomic E-state index is 0.168. The van der Waals surface area contributed by atoms with Gasteiger partial charge < -0.3 is 14.5 Å². The molecule has 0 amide bonds. The second-order valence-electron chi connectivity index (χ2n) is 6.52. The SMILES string of the molecule is CC(C)(C)NCC1(Cc2ccoc2)CCOCC1. The molecule has 1 saturated heterocycles. The largest absolute Gasteiger partial charge is 0.472 e. The van der Waals surface area contributed by atoms with Gasteiger partial charge in [-0.3, -0.25) is 0 Å². The van der Waals surface area contributed by atoms with Crippen LogP contribution in [0, 0.1) is 5.41 Å². The van der Waals surface area contributed by atoms with Crippen molar-refractivity contribution in [2.24, 2.45) is 5.41 Å². The molecule has 1 aromatic rings. The van der Waals surface area contributed by atoms with Gasteiger partial charge >= 0.3 is 0 Å². The van der Waals surface area contributed by atoms with E-state index in [0.29, 0.717) is 5.41 Å². The van der Waals surface area contributed by atoms with Crippen molar-refractivity contribution in [1.82, 2.24) is 5.32 Å². The molecule has 2 rings (SSSR count). The first-order valence-corrected chi connectivity index (χ1v) is 6.83. The second-order valence-corrected chi connectivity index (χ2v) is 6.52. The maximum Gasteiger partial charge on any atom is 0.0934 e. The summed E-state index contributed by atoms with van der Waals surface area (Å²) in [6, 6.07) is 2.08. The summed E-state index contributed by atoms with van der Waals surface area (Å²) in [5, 5.41) is 3.66. The lowest BCUT2D eigenvalue weighted by molar-refractivity contribution is 0.0121. The smallest absolute Gasteiger partial charge is 0.0934 e. The van der Waals surface area contributed by atoms with Crippen LogP contribution in [0.15, 0.2) is 23.0 Å². The number of hydrogen-bond acceptors (Lipinski definition) is 3. The first-order chi connectivity index (χ1) is 8.49. The third-order valence-corrected chi connectivity index (χ3v) is 3.71. The summed E-state index contributed by atoms with van der Waals surface area (Å²) in [5.74, 6) is 0. The number of ether oxygens (including phenoxy) is 1. The summed E-state index contributed by atoms with van der Waals surface area (Å²) in [6.45, 7) is 9.46. The van der Waals surface area contributed by atoms with E-state index in [9.17, 15) is 0 Å². The Morgan fingerprint density at radius 1 is 1.28 bits per heavy atom. The van der Waals surface area contributed by atoms with Crippen LogP contribution in [0.3, 0.4) is 0 Å². The van der Waals surface area contributed by atoms with Gasteiger partial charge in [0.15, 0.2) is 0 Å². The Morgan fingerprint density at radius 2 is 2.00 bits per heavy atom. The van der Waals surface area contributed by atoms with Gasteiger partial charge in [0.1, 0.15) is 0 Å². The average molecular weight is 251 g/mol. The van der Waals surface area contributed by atoms with E-state index in [4.69, 9.17) is 9.15 Å². The maximum absolute atomic E-state index is 5.52. The molecular formula is C15H25NO2. The molecule has 18 heavy (non-hydrogen) atoms. The minimum atomic E-state index is 0.168. The minimum Gasteiger partial charge on any atom is -0.472 e. The van der Waals surface area contributed by atoms with E-state index in [1.165, 1.54) is 5.56 Å². The zero-order chi connectivity index (χ0) is 13.1. The number of furan rings is 1. The van der Waals surface area contributed by atoms with Crippen LogP contribution < -0.4 is 5.32 Å². The third-order valence-electron chi connectivity index (χ3n) is 3.71. The quantitative estimate of drug-likeness (QED) is 0.893. The van der Waals surface area contributed by atoms with E-state index < -0.39 is 0 Å². The van der Waals surface area contributed by atoms with Gasteiger partial charge in [0, 0.05) is 25.3 Å². The Balaban J connectivity index is 2.02. The molecule has 0 saturated carbocycles. The fourth-order valence-electron chi connectivity index (χ4n) is 2.50. The molecule has 102 valence electrons. The van der Waals surface area contributed by atoms with Gasteiger partial charge in [-0.2, -0.15) is 0 Å². The van der Waals surface area contributed by atoms with Gasteiger partial charge in [-0.05, 0) is 57.1 Å². The van der Waals surface area contributed by atoms with Gasteiger partial charge in [-0.1, -0.05) is 0 Å². The zero-order valence-electron chi connectivity index (χ0n) is 11.8. The maximum atomic E-state index is 5.52. The predicted octanol–water partition coefficient (Wildman–Crippen LogP) is 3.01. The van der Waals surface area contributed by atoms with Crippen LogP contribution in [0.2, 0.25) is 0 Å². The summed E-state index contributed by atoms with van der Waals surface area (Å²) in [6.07, 6.45) is 6.96. The molecule has 3 nitrogen and oxygen atoms in total. The molecule has 0 unspecified atom stereocenters. The monoisotopic (exact) mass is 251 g/mol. The molecule has 2 heterocycles. The van der Waals surface area contributed by atoms with Crippen LogP contribution >= 0.6 is 0 Å². The fourth-order valence-corrected chi connectivity index (χ4v) is 2.50. The molecule has 0 spiro atoms. The Labute approximate surface area is 110 Å². The summed E-state index contributed by atoms with van der Waals surface area (Å²) in [7, 11) is 0. The summed E-state index contributed by atoms with van der Waals surface area (Å²) >= 11 is 0. The lowest BCUT2D eigenvalue weighted by atomic mass is 9.75. The molecule has 0 atom stereocenters. The van der Waals surface area contributed by atoms with E-state index in [1.807, 2.05) is 6.26 Å². The first kappa shape index (κ1) is 13.6. The van der Waals surface area contributed by atoms with Gasteiger partial charge in [-0.25, -0.2) is 0 Å². The lowest BCUT2D eigenvalue weighted by Crippen LogP contribution is -2.47. The number of hydrogen-bond donors (Lipinski definition) is 1. The molecule has 1 aliphatic rings. The van der Waals surface area contributed by atoms with E-state index in [0.717, 1.165) is 39.0 Å². The van der Waals surface area contributed by atoms with Crippen molar-refractivity contribution in [2.45, 2.75) is 45.6 Å². The highest BCUT2D eigenvalue weighted by atomic mass is 16.5. The Bertz CT molecular complexity index is 345. The van der Waals surface area contributed by atoms with E-state index in [-0.39, 0.29) is 5.54 Å². The van der Waals surface area contributed by atoms with Crippen LogP contribution in [0.5, 0.6) is 0 Å². The van der Waals surface area contributed by atoms with Crippen molar-refractivity contribution in [3.63, 3.8) is 0 Å². The molecule has 0 aromatic carbocycles. The Kier molecular flexibility index (Phi) is 4.13. The third kappa shape index (κ3) is 3.85. The van der Waals surface area contributed by atoms with Crippen molar-refractivity contribution in [1.29, 1.82) is 0 Å². The van der Waals surface area contributed by atoms with E-state index in [2.05, 4.69) is 32.2 Å². The highest BCUT2D eigenvalue weighted by Gasteiger charge is 2.33. The summed E-state index contributed by atoms with van der Waals surface area (Å²) in [5.41, 5.74) is 1.78. The van der Waals surface area contributed by atoms with Crippen LogP contribution in [0.1, 0.15) is 39.2 Å². The van der Waals surface area contributed by atoms with Crippen LogP contribution in [0.25, 0.3) is 0 Å². The van der Waals surface area contributed by atoms with Crippen LogP contribution in [0.4, 0.5) is 0 Å². The van der Waals surface area contributed by atoms with E-state index in [1.54, 1.807) is 6.26 Å². The fraction of sp³-hybridized carbons (Fsp3) is 0.733. The zero-order valence-corrected chi connectivity index (χ0v) is 11.8. The molecule has 1 aromatic heterocycles. The molecule has 0 aliphatic carbocycles. The molecule has 1 fully saturated rings. The predicted molar refractivity (Wildman–Crippen MR) is 72.7 cm³/mol. The Hall–Kier alpha value is -0.800. The van der Waals surface area contributed by atoms with Crippen molar-refractivity contribution in [2.75, 3.05) is 19.8 Å². The molecule has 0 radical (unpaired) electrons. The molecule has 1 aliphatic heterocycles. The standard InChI is InChI=1S/C15H25NO2/c1-14(2,3)16-12-15(5-8-17-9-6-15)10-13-4-7-18-11-13/h4,7,11,16H,5-6,8-10,12H2,1-3H3. The average Bonchev–Trinajstić information content (AvgIpc) is 2.80. The number of nitrogens with one attached hydrogen (secondary N) is 1. The van der Waals surface area contributed by atoms with Gasteiger partial charge in [-0.15, -0.1) is 0 Å². The summed E-state index contributed by atoms with van der Waals surface area (Å²) in [4.78, 5) is 0. The second kappa shape index (κ2) is 5.45. The van der Waals surface area contributed by atoms with Gasteiger partial charge in [0.05, 0.1) is 12.5 Å². The highest BCUT2D eigenvalue weighted by Crippen LogP contribution is 2.34. The van der Waals surface area contributed by atoms with Crippen LogP contribution in [-0.2, 0) is 11.2 Å². The number of rotatable bonds is 4. The van der Waals surface area contributed by atoms with Crippen molar-refractivity contribution in [3.05, 3.63) is 24.2 Å². The topological polar surface area (TPSA) is 34.4 Å². The lowest BCUT2D eigenvalue weighted by Gasteiger charge is -2.39. The van der Waals surface area contributed by atoms with Crippen LogP contribution in [-0.4, -0.2) is 25.3 Å². The van der Waals surface area contributed by atoms with E-state index >= 15 is 0 Å². The molecule has 1 N–H and O–H groups in total. The molecule has 0 bridgehead atoms. The Morgan fingerprint density at radius 3 is 2.56 bits per heavy atom. The summed E-state index contributed by atoms with van der Waals surface area (Å²) < 4.78 is 10.7.